The molecule has 0 radical (unpaired) electrons. The van der Waals surface area contributed by atoms with Gasteiger partial charge in [0.05, 0.1) is 0 Å². The molecule has 2 heterocycles. The van der Waals surface area contributed by atoms with Crippen LogP contribution in [-0.4, -0.2) is 32.2 Å². The third-order valence-electron chi connectivity index (χ3n) is 5.91. The molecule has 3 fully saturated rings. The van der Waals surface area contributed by atoms with Gasteiger partial charge in [0.1, 0.15) is 3.61 Å². The van der Waals surface area contributed by atoms with Crippen LogP contribution in [0.25, 0.3) is 0 Å². The van der Waals surface area contributed by atoms with Gasteiger partial charge in [-0.05, 0) is 67.0 Å². The lowest BCUT2D eigenvalue weighted by molar-refractivity contribution is -0.458. The lowest BCUT2D eigenvalue weighted by atomic mass is 9.58. The summed E-state index contributed by atoms with van der Waals surface area (Å²) in [4.78, 5) is 5.15. The highest BCUT2D eigenvalue weighted by molar-refractivity contribution is 14.1. The van der Waals surface area contributed by atoms with Gasteiger partial charge >= 0.3 is 0 Å². The second-order valence-corrected chi connectivity index (χ2v) is 9.47. The van der Waals surface area contributed by atoms with Crippen molar-refractivity contribution in [2.75, 3.05) is 0 Å². The summed E-state index contributed by atoms with van der Waals surface area (Å²) in [6.07, 6.45) is 2.21. The second-order valence-electron chi connectivity index (χ2n) is 7.19. The third kappa shape index (κ3) is 2.46. The fourth-order valence-corrected chi connectivity index (χ4v) is 5.21. The van der Waals surface area contributed by atoms with Gasteiger partial charge in [-0.3, -0.25) is 5.26 Å². The highest BCUT2D eigenvalue weighted by atomic mass is 127. The molecule has 0 amide bonds. The van der Waals surface area contributed by atoms with Gasteiger partial charge in [-0.1, -0.05) is 13.8 Å². The molecule has 6 heteroatoms. The molecule has 2 aliphatic heterocycles. The van der Waals surface area contributed by atoms with Crippen LogP contribution in [0.4, 0.5) is 0 Å². The molecule has 0 aromatic heterocycles. The van der Waals surface area contributed by atoms with E-state index in [4.69, 9.17) is 14.4 Å². The fraction of sp³-hybridized carbons (Fsp3) is 1.00. The summed E-state index contributed by atoms with van der Waals surface area (Å²) >= 11 is 2.28. The number of rotatable bonds is 1. The van der Waals surface area contributed by atoms with Crippen LogP contribution in [0.2, 0.25) is 0 Å². The number of hydrogen-bond acceptors (Lipinski definition) is 5. The van der Waals surface area contributed by atoms with Gasteiger partial charge in [0.2, 0.25) is 0 Å². The smallest absolute Gasteiger partial charge is 0.194 e. The molecule has 0 aromatic rings. The first-order chi connectivity index (χ1) is 9.82. The minimum absolute atomic E-state index is 0.0442. The van der Waals surface area contributed by atoms with E-state index in [1.807, 2.05) is 13.8 Å². The molecular formula is C15H25IO5. The zero-order chi connectivity index (χ0) is 15.4. The van der Waals surface area contributed by atoms with Gasteiger partial charge in [0.15, 0.2) is 18.2 Å². The first kappa shape index (κ1) is 16.4. The number of hydrogen-bond donors (Lipinski definition) is 2. The van der Waals surface area contributed by atoms with Crippen molar-refractivity contribution >= 4 is 22.6 Å². The molecule has 3 aliphatic rings. The van der Waals surface area contributed by atoms with Crippen molar-refractivity contribution in [2.24, 2.45) is 23.7 Å². The SMILES string of the molecule is C[C@H]1C(O)O[C@@H]2O[C@](C)(I)CCC3[C@H](C)CCC1[C@]32OO. The summed E-state index contributed by atoms with van der Waals surface area (Å²) in [5.74, 6) is 0.585. The summed E-state index contributed by atoms with van der Waals surface area (Å²) in [7, 11) is 0. The number of ether oxygens (including phenoxy) is 2. The molecule has 0 bridgehead atoms. The number of alkyl halides is 1. The monoisotopic (exact) mass is 412 g/mol. The topological polar surface area (TPSA) is 68.2 Å². The van der Waals surface area contributed by atoms with E-state index in [1.54, 1.807) is 0 Å². The Labute approximate surface area is 139 Å². The van der Waals surface area contributed by atoms with Crippen molar-refractivity contribution in [3.05, 3.63) is 0 Å². The quantitative estimate of drug-likeness (QED) is 0.300. The maximum absolute atomic E-state index is 10.2. The minimum atomic E-state index is -0.873. The zero-order valence-electron chi connectivity index (χ0n) is 12.8. The van der Waals surface area contributed by atoms with Crippen molar-refractivity contribution < 1.29 is 24.7 Å². The van der Waals surface area contributed by atoms with Crippen molar-refractivity contribution in [3.63, 3.8) is 0 Å². The van der Waals surface area contributed by atoms with Crippen molar-refractivity contribution in [1.29, 1.82) is 0 Å². The van der Waals surface area contributed by atoms with Crippen molar-refractivity contribution in [1.82, 2.24) is 0 Å². The van der Waals surface area contributed by atoms with E-state index >= 15 is 0 Å². The summed E-state index contributed by atoms with van der Waals surface area (Å²) in [6.45, 7) is 6.20. The molecule has 2 saturated heterocycles. The average molecular weight is 412 g/mol. The van der Waals surface area contributed by atoms with Crippen LogP contribution in [0.5, 0.6) is 0 Å². The minimum Gasteiger partial charge on any atom is -0.368 e. The molecule has 3 unspecified atom stereocenters. The molecule has 2 N–H and O–H groups in total. The summed E-state index contributed by atoms with van der Waals surface area (Å²) < 4.78 is 11.5. The molecule has 0 spiro atoms. The van der Waals surface area contributed by atoms with E-state index in [1.165, 1.54) is 0 Å². The molecule has 0 aromatic carbocycles. The molecule has 8 atom stereocenters. The normalized spacial score (nSPS) is 57.4. The Morgan fingerprint density at radius 2 is 1.90 bits per heavy atom. The van der Waals surface area contributed by atoms with Crippen LogP contribution in [0.1, 0.15) is 46.5 Å². The molecule has 122 valence electrons. The maximum atomic E-state index is 10.2. The zero-order valence-corrected chi connectivity index (χ0v) is 14.9. The summed E-state index contributed by atoms with van der Waals surface area (Å²) in [6, 6.07) is 0. The molecule has 5 nitrogen and oxygen atoms in total. The van der Waals surface area contributed by atoms with Gasteiger partial charge in [0, 0.05) is 11.8 Å². The van der Waals surface area contributed by atoms with Crippen LogP contribution in [0.3, 0.4) is 0 Å². The van der Waals surface area contributed by atoms with Crippen LogP contribution < -0.4 is 0 Å². The van der Waals surface area contributed by atoms with E-state index in [0.717, 1.165) is 25.7 Å². The first-order valence-corrected chi connectivity index (χ1v) is 8.92. The van der Waals surface area contributed by atoms with Crippen molar-refractivity contribution in [3.8, 4) is 0 Å². The van der Waals surface area contributed by atoms with E-state index < -0.39 is 18.2 Å². The van der Waals surface area contributed by atoms with Gasteiger partial charge in [0.25, 0.3) is 0 Å². The van der Waals surface area contributed by atoms with E-state index in [9.17, 15) is 10.4 Å². The second kappa shape index (κ2) is 5.56. The van der Waals surface area contributed by atoms with E-state index in [2.05, 4.69) is 29.5 Å². The number of aliphatic hydroxyl groups excluding tert-OH is 1. The Balaban J connectivity index is 2.07. The van der Waals surface area contributed by atoms with Gasteiger partial charge < -0.3 is 14.6 Å². The summed E-state index contributed by atoms with van der Waals surface area (Å²) in [5.41, 5.74) is -0.862. The Bertz CT molecular complexity index is 404. The number of aliphatic hydroxyl groups is 1. The predicted molar refractivity (Wildman–Crippen MR) is 84.6 cm³/mol. The Kier molecular flexibility index (Phi) is 4.34. The van der Waals surface area contributed by atoms with Gasteiger partial charge in [-0.25, -0.2) is 4.89 Å². The van der Waals surface area contributed by atoms with Crippen LogP contribution >= 0.6 is 22.6 Å². The van der Waals surface area contributed by atoms with E-state index in [0.29, 0.717) is 5.92 Å². The van der Waals surface area contributed by atoms with Gasteiger partial charge in [-0.15, -0.1) is 0 Å². The maximum Gasteiger partial charge on any atom is 0.194 e. The molecular weight excluding hydrogens is 387 g/mol. The summed E-state index contributed by atoms with van der Waals surface area (Å²) in [5, 5.41) is 20.1. The lowest BCUT2D eigenvalue weighted by Crippen LogP contribution is -2.67. The number of halogens is 1. The highest BCUT2D eigenvalue weighted by Gasteiger charge is 2.65. The van der Waals surface area contributed by atoms with Crippen LogP contribution in [-0.2, 0) is 14.4 Å². The fourth-order valence-electron chi connectivity index (χ4n) is 4.67. The predicted octanol–water partition coefficient (Wildman–Crippen LogP) is 3.15. The highest BCUT2D eigenvalue weighted by Crippen LogP contribution is 2.57. The Morgan fingerprint density at radius 1 is 1.19 bits per heavy atom. The third-order valence-corrected chi connectivity index (χ3v) is 6.70. The molecule has 3 rings (SSSR count). The van der Waals surface area contributed by atoms with Gasteiger partial charge in [-0.2, -0.15) is 0 Å². The van der Waals surface area contributed by atoms with Crippen LogP contribution in [0, 0.1) is 23.7 Å². The Hall–Kier alpha value is 0.530. The van der Waals surface area contributed by atoms with Crippen molar-refractivity contribution in [2.45, 2.75) is 68.2 Å². The van der Waals surface area contributed by atoms with Crippen LogP contribution in [0.15, 0.2) is 0 Å². The lowest BCUT2D eigenvalue weighted by Gasteiger charge is -2.57. The Morgan fingerprint density at radius 3 is 2.57 bits per heavy atom. The molecule has 21 heavy (non-hydrogen) atoms. The largest absolute Gasteiger partial charge is 0.368 e. The first-order valence-electron chi connectivity index (χ1n) is 7.84. The molecule has 1 aliphatic carbocycles. The molecule has 1 saturated carbocycles. The van der Waals surface area contributed by atoms with E-state index in [-0.39, 0.29) is 21.4 Å². The standard InChI is InChI=1S/C15H25IO5/c1-8-4-5-11-9(2)12(17)19-13-15(11,21-18)10(8)6-7-14(3,16)20-13/h8-13,17-18H,4-7H2,1-3H3/t8-,9-,10?,11?,12?,13-,14+,15-/m1/s1. The average Bonchev–Trinajstić information content (AvgIpc) is 2.53.